The van der Waals surface area contributed by atoms with Gasteiger partial charge in [0.2, 0.25) is 0 Å². The third kappa shape index (κ3) is 6.03. The average molecular weight is 353 g/mol. The number of carbonyl (C=O) groups is 2. The summed E-state index contributed by atoms with van der Waals surface area (Å²) in [5, 5.41) is 21.4. The van der Waals surface area contributed by atoms with Crippen molar-refractivity contribution in [1.29, 1.82) is 0 Å². The van der Waals surface area contributed by atoms with Gasteiger partial charge in [-0.1, -0.05) is 54.0 Å². The molecule has 0 spiro atoms. The highest BCUT2D eigenvalue weighted by atomic mass is 16.5. The van der Waals surface area contributed by atoms with E-state index in [0.717, 1.165) is 12.8 Å². The average Bonchev–Trinajstić information content (AvgIpc) is 2.72. The molecule has 2 N–H and O–H groups in total. The van der Waals surface area contributed by atoms with Gasteiger partial charge in [0, 0.05) is 24.7 Å². The van der Waals surface area contributed by atoms with E-state index in [1.807, 2.05) is 13.8 Å². The maximum Gasteiger partial charge on any atom is 0.196 e. The van der Waals surface area contributed by atoms with Gasteiger partial charge in [0.1, 0.15) is 5.78 Å². The van der Waals surface area contributed by atoms with Crippen LogP contribution in [0.2, 0.25) is 0 Å². The first-order valence-corrected chi connectivity index (χ1v) is 9.69. The van der Waals surface area contributed by atoms with E-state index < -0.39 is 17.6 Å². The third-order valence-electron chi connectivity index (χ3n) is 4.98. The van der Waals surface area contributed by atoms with Crippen LogP contribution in [0.15, 0.2) is 11.6 Å². The zero-order valence-electron chi connectivity index (χ0n) is 16.7. The van der Waals surface area contributed by atoms with Crippen molar-refractivity contribution < 1.29 is 19.8 Å². The summed E-state index contributed by atoms with van der Waals surface area (Å²) in [6.07, 6.45) is 4.33. The van der Waals surface area contributed by atoms with Crippen molar-refractivity contribution in [2.24, 2.45) is 29.6 Å². The van der Waals surface area contributed by atoms with Crippen LogP contribution in [0.4, 0.5) is 0 Å². The third-order valence-corrected chi connectivity index (χ3v) is 4.98. The minimum absolute atomic E-state index is 0.0160. The molecule has 2 unspecified atom stereocenters. The molecule has 0 aliphatic heterocycles. The van der Waals surface area contributed by atoms with Gasteiger partial charge in [0.15, 0.2) is 11.6 Å². The van der Waals surface area contributed by atoms with Gasteiger partial charge in [-0.25, -0.2) is 0 Å². The maximum atomic E-state index is 12.7. The fraction of sp³-hybridized carbons (Fsp3) is 0.810. The van der Waals surface area contributed by atoms with E-state index in [-0.39, 0.29) is 29.5 Å². The Bertz CT molecular complexity index is 500. The molecule has 4 nitrogen and oxygen atoms in total. The van der Waals surface area contributed by atoms with Crippen LogP contribution in [0.3, 0.4) is 0 Å². The Hall–Kier alpha value is -1.00. The van der Waals surface area contributed by atoms with Crippen molar-refractivity contribution in [1.82, 2.24) is 0 Å². The highest BCUT2D eigenvalue weighted by Crippen LogP contribution is 2.43. The molecule has 0 radical (unpaired) electrons. The largest absolute Gasteiger partial charge is 0.362 e. The SMILES string of the molecule is CC(C)CCC(=O)C1C=C(C(=O)CC(C)C)C(O)(O)C1CCC(C)C. The zero-order valence-corrected chi connectivity index (χ0v) is 16.7. The molecule has 0 saturated heterocycles. The summed E-state index contributed by atoms with van der Waals surface area (Å²) in [5.74, 6) is -2.68. The summed E-state index contributed by atoms with van der Waals surface area (Å²) in [4.78, 5) is 25.2. The molecule has 0 saturated carbocycles. The van der Waals surface area contributed by atoms with Crippen LogP contribution in [0, 0.1) is 29.6 Å². The van der Waals surface area contributed by atoms with Crippen LogP contribution in [0.25, 0.3) is 0 Å². The molecule has 0 aromatic rings. The summed E-state index contributed by atoms with van der Waals surface area (Å²) in [6.45, 7) is 12.1. The van der Waals surface area contributed by atoms with Crippen molar-refractivity contribution >= 4 is 11.6 Å². The normalized spacial score (nSPS) is 22.8. The number of rotatable bonds is 10. The van der Waals surface area contributed by atoms with Crippen LogP contribution >= 0.6 is 0 Å². The quantitative estimate of drug-likeness (QED) is 0.585. The van der Waals surface area contributed by atoms with Crippen LogP contribution in [-0.4, -0.2) is 27.6 Å². The fourth-order valence-electron chi connectivity index (χ4n) is 3.46. The molecule has 4 heteroatoms. The Labute approximate surface area is 152 Å². The van der Waals surface area contributed by atoms with Gasteiger partial charge in [-0.05, 0) is 30.6 Å². The zero-order chi connectivity index (χ0) is 19.4. The number of Topliss-reactive ketones (excluding diaryl/α,β-unsaturated/α-hetero) is 2. The van der Waals surface area contributed by atoms with Gasteiger partial charge in [-0.3, -0.25) is 9.59 Å². The predicted molar refractivity (Wildman–Crippen MR) is 99.8 cm³/mol. The van der Waals surface area contributed by atoms with Crippen LogP contribution in [-0.2, 0) is 9.59 Å². The smallest absolute Gasteiger partial charge is 0.196 e. The first kappa shape index (κ1) is 22.0. The van der Waals surface area contributed by atoms with Crippen LogP contribution in [0.1, 0.15) is 73.6 Å². The first-order chi connectivity index (χ1) is 11.5. The number of ketones is 2. The molecular formula is C21H36O4. The van der Waals surface area contributed by atoms with Gasteiger partial charge >= 0.3 is 0 Å². The van der Waals surface area contributed by atoms with Crippen LogP contribution in [0.5, 0.6) is 0 Å². The van der Waals surface area contributed by atoms with Crippen LogP contribution < -0.4 is 0 Å². The summed E-state index contributed by atoms with van der Waals surface area (Å²) >= 11 is 0. The lowest BCUT2D eigenvalue weighted by molar-refractivity contribution is -0.177. The van der Waals surface area contributed by atoms with Crippen molar-refractivity contribution in [3.63, 3.8) is 0 Å². The molecule has 25 heavy (non-hydrogen) atoms. The molecule has 1 aliphatic rings. The summed E-state index contributed by atoms with van der Waals surface area (Å²) < 4.78 is 0. The summed E-state index contributed by atoms with van der Waals surface area (Å²) in [6, 6.07) is 0. The van der Waals surface area contributed by atoms with Gasteiger partial charge in [-0.15, -0.1) is 0 Å². The van der Waals surface area contributed by atoms with E-state index in [1.54, 1.807) is 6.08 Å². The lowest BCUT2D eigenvalue weighted by Gasteiger charge is -2.30. The molecule has 0 fully saturated rings. The number of aliphatic hydroxyl groups is 2. The molecule has 1 rings (SSSR count). The van der Waals surface area contributed by atoms with Crippen molar-refractivity contribution in [3.8, 4) is 0 Å². The lowest BCUT2D eigenvalue weighted by Crippen LogP contribution is -2.42. The van der Waals surface area contributed by atoms with Crippen molar-refractivity contribution in [2.75, 3.05) is 0 Å². The van der Waals surface area contributed by atoms with Gasteiger partial charge < -0.3 is 10.2 Å². The van der Waals surface area contributed by atoms with Crippen molar-refractivity contribution in [3.05, 3.63) is 11.6 Å². The Morgan fingerprint density at radius 1 is 1.00 bits per heavy atom. The Morgan fingerprint density at radius 2 is 1.56 bits per heavy atom. The predicted octanol–water partition coefficient (Wildman–Crippen LogP) is 3.90. The number of carbonyl (C=O) groups excluding carboxylic acids is 2. The second-order valence-corrected chi connectivity index (χ2v) is 8.83. The molecule has 0 amide bonds. The highest BCUT2D eigenvalue weighted by Gasteiger charge is 2.51. The monoisotopic (exact) mass is 352 g/mol. The van der Waals surface area contributed by atoms with E-state index in [9.17, 15) is 19.8 Å². The van der Waals surface area contributed by atoms with Gasteiger partial charge in [-0.2, -0.15) is 0 Å². The van der Waals surface area contributed by atoms with E-state index in [0.29, 0.717) is 24.7 Å². The maximum absolute atomic E-state index is 12.7. The minimum atomic E-state index is -2.20. The fourth-order valence-corrected chi connectivity index (χ4v) is 3.46. The number of allylic oxidation sites excluding steroid dienone is 1. The standard InChI is InChI=1S/C21H36O4/c1-13(2)7-9-17-16(19(22)10-8-14(3)4)12-18(21(17,24)25)20(23)11-15(5)6/h12-17,24-25H,7-11H2,1-6H3. The number of hydrogen-bond acceptors (Lipinski definition) is 4. The van der Waals surface area contributed by atoms with E-state index >= 15 is 0 Å². The first-order valence-electron chi connectivity index (χ1n) is 9.69. The topological polar surface area (TPSA) is 74.6 Å². The molecule has 0 bridgehead atoms. The summed E-state index contributed by atoms with van der Waals surface area (Å²) in [5.41, 5.74) is 0.0258. The van der Waals surface area contributed by atoms with E-state index in [2.05, 4.69) is 27.7 Å². The minimum Gasteiger partial charge on any atom is -0.362 e. The van der Waals surface area contributed by atoms with Crippen molar-refractivity contribution in [2.45, 2.75) is 79.4 Å². The lowest BCUT2D eigenvalue weighted by atomic mass is 9.81. The molecule has 0 heterocycles. The molecule has 2 atom stereocenters. The molecule has 0 aromatic carbocycles. The summed E-state index contributed by atoms with van der Waals surface area (Å²) in [7, 11) is 0. The second-order valence-electron chi connectivity index (χ2n) is 8.83. The van der Waals surface area contributed by atoms with Gasteiger partial charge in [0.05, 0.1) is 5.57 Å². The highest BCUT2D eigenvalue weighted by molar-refractivity contribution is 5.99. The Kier molecular flexibility index (Phi) is 8.01. The second kappa shape index (κ2) is 9.09. The molecule has 1 aliphatic carbocycles. The Balaban J connectivity index is 3.06. The number of hydrogen-bond donors (Lipinski definition) is 2. The molecule has 0 aromatic heterocycles. The van der Waals surface area contributed by atoms with Gasteiger partial charge in [0.25, 0.3) is 0 Å². The molecule has 144 valence electrons. The van der Waals surface area contributed by atoms with E-state index in [1.165, 1.54) is 0 Å². The molecular weight excluding hydrogens is 316 g/mol. The Morgan fingerprint density at radius 3 is 2.04 bits per heavy atom. The van der Waals surface area contributed by atoms with E-state index in [4.69, 9.17) is 0 Å².